The summed E-state index contributed by atoms with van der Waals surface area (Å²) < 4.78 is 17.8. The Balaban J connectivity index is 2.14. The number of nitrogens with zero attached hydrogens (tertiary/aromatic N) is 1. The molecule has 1 aromatic rings. The summed E-state index contributed by atoms with van der Waals surface area (Å²) in [5.74, 6) is 0. The van der Waals surface area contributed by atoms with Crippen LogP contribution in [0, 0.1) is 6.92 Å². The van der Waals surface area contributed by atoms with Crippen molar-refractivity contribution in [3.63, 3.8) is 0 Å². The Labute approximate surface area is 164 Å². The zero-order valence-electron chi connectivity index (χ0n) is 18.3. The van der Waals surface area contributed by atoms with Crippen LogP contribution in [0.2, 0.25) is 0 Å². The number of carbonyl (C=O) groups excluding carboxylic acids is 1. The molecule has 0 spiro atoms. The lowest BCUT2D eigenvalue weighted by molar-refractivity contribution is 0.00578. The average Bonchev–Trinajstić information content (AvgIpc) is 2.72. The van der Waals surface area contributed by atoms with Gasteiger partial charge in [-0.2, -0.15) is 0 Å². The minimum absolute atomic E-state index is 0.292. The molecule has 6 heteroatoms. The van der Waals surface area contributed by atoms with Gasteiger partial charge in [0.25, 0.3) is 0 Å². The molecule has 1 aliphatic rings. The second kappa shape index (κ2) is 7.48. The molecule has 0 radical (unpaired) electrons. The molecule has 1 aromatic carbocycles. The van der Waals surface area contributed by atoms with Gasteiger partial charge in [0.2, 0.25) is 0 Å². The summed E-state index contributed by atoms with van der Waals surface area (Å²) in [6, 6.07) is 6.15. The van der Waals surface area contributed by atoms with Gasteiger partial charge in [-0.05, 0) is 78.9 Å². The second-order valence-corrected chi connectivity index (χ2v) is 9.27. The zero-order valence-corrected chi connectivity index (χ0v) is 18.3. The van der Waals surface area contributed by atoms with E-state index < -0.39 is 5.60 Å². The fourth-order valence-electron chi connectivity index (χ4n) is 2.86. The van der Waals surface area contributed by atoms with Gasteiger partial charge in [-0.25, -0.2) is 4.79 Å². The molecule has 2 rings (SSSR count). The molecule has 0 aliphatic carbocycles. The van der Waals surface area contributed by atoms with E-state index in [2.05, 4.69) is 6.07 Å². The van der Waals surface area contributed by atoms with Gasteiger partial charge in [-0.1, -0.05) is 18.2 Å². The third-order valence-electron chi connectivity index (χ3n) is 5.29. The number of benzene rings is 1. The Bertz CT molecular complexity index is 678. The maximum atomic E-state index is 12.4. The summed E-state index contributed by atoms with van der Waals surface area (Å²) in [5, 5.41) is 0. The number of amides is 1. The molecule has 0 unspecified atom stereocenters. The van der Waals surface area contributed by atoms with E-state index in [9.17, 15) is 4.79 Å². The van der Waals surface area contributed by atoms with Gasteiger partial charge in [0.05, 0.1) is 11.2 Å². The number of carbonyl (C=O) groups is 1. The SMILES string of the molecule is CCN(Cc1ccc(B2OC(C)(C)C(C)(C)O2)cc1C)C(=O)OC(C)(C)C. The Morgan fingerprint density at radius 1 is 1.15 bits per heavy atom. The first-order chi connectivity index (χ1) is 12.3. The minimum Gasteiger partial charge on any atom is -0.444 e. The molecule has 5 nitrogen and oxygen atoms in total. The van der Waals surface area contributed by atoms with Crippen molar-refractivity contribution >= 4 is 18.7 Å². The molecule has 0 atom stereocenters. The van der Waals surface area contributed by atoms with Crippen molar-refractivity contribution in [2.75, 3.05) is 6.54 Å². The molecular formula is C21H34BNO4. The van der Waals surface area contributed by atoms with Crippen LogP contribution in [0.4, 0.5) is 4.79 Å². The lowest BCUT2D eigenvalue weighted by Gasteiger charge is -2.32. The highest BCUT2D eigenvalue weighted by atomic mass is 16.7. The molecule has 1 heterocycles. The van der Waals surface area contributed by atoms with Gasteiger partial charge in [-0.15, -0.1) is 0 Å². The molecule has 150 valence electrons. The molecule has 1 saturated heterocycles. The van der Waals surface area contributed by atoms with Crippen LogP contribution >= 0.6 is 0 Å². The van der Waals surface area contributed by atoms with Crippen LogP contribution < -0.4 is 5.46 Å². The number of ether oxygens (including phenoxy) is 1. The maximum Gasteiger partial charge on any atom is 0.494 e. The summed E-state index contributed by atoms with van der Waals surface area (Å²) in [7, 11) is -0.379. The van der Waals surface area contributed by atoms with Crippen molar-refractivity contribution in [3.8, 4) is 0 Å². The Hall–Kier alpha value is -1.53. The summed E-state index contributed by atoms with van der Waals surface area (Å²) in [6.07, 6.45) is -0.292. The number of aryl methyl sites for hydroxylation is 1. The van der Waals surface area contributed by atoms with Crippen LogP contribution in [-0.4, -0.2) is 41.5 Å². The van der Waals surface area contributed by atoms with E-state index in [1.165, 1.54) is 0 Å². The topological polar surface area (TPSA) is 48.0 Å². The second-order valence-electron chi connectivity index (χ2n) is 9.27. The van der Waals surface area contributed by atoms with Crippen molar-refractivity contribution < 1.29 is 18.8 Å². The Kier molecular flexibility index (Phi) is 6.03. The highest BCUT2D eigenvalue weighted by molar-refractivity contribution is 6.62. The van der Waals surface area contributed by atoms with Gasteiger partial charge in [0.15, 0.2) is 0 Å². The first-order valence-corrected chi connectivity index (χ1v) is 9.69. The van der Waals surface area contributed by atoms with Crippen molar-refractivity contribution in [1.82, 2.24) is 4.90 Å². The minimum atomic E-state index is -0.500. The fourth-order valence-corrected chi connectivity index (χ4v) is 2.86. The van der Waals surface area contributed by atoms with Crippen molar-refractivity contribution in [3.05, 3.63) is 29.3 Å². The fraction of sp³-hybridized carbons (Fsp3) is 0.667. The van der Waals surface area contributed by atoms with Gasteiger partial charge in [0.1, 0.15) is 5.60 Å². The molecule has 1 aliphatic heterocycles. The van der Waals surface area contributed by atoms with E-state index in [4.69, 9.17) is 14.0 Å². The highest BCUT2D eigenvalue weighted by Gasteiger charge is 2.51. The first-order valence-electron chi connectivity index (χ1n) is 9.69. The standard InChI is InChI=1S/C21H34BNO4/c1-10-23(18(24)25-19(3,4)5)14-16-11-12-17(13-15(16)2)22-26-20(6,7)21(8,9)27-22/h11-13H,10,14H2,1-9H3. The van der Waals surface area contributed by atoms with Crippen LogP contribution in [-0.2, 0) is 20.6 Å². The Morgan fingerprint density at radius 3 is 2.15 bits per heavy atom. The van der Waals surface area contributed by atoms with Gasteiger partial charge in [0, 0.05) is 13.1 Å². The van der Waals surface area contributed by atoms with Crippen LogP contribution in [0.25, 0.3) is 0 Å². The van der Waals surface area contributed by atoms with E-state index in [-0.39, 0.29) is 24.4 Å². The summed E-state index contributed by atoms with van der Waals surface area (Å²) in [6.45, 7) is 18.9. The third-order valence-corrected chi connectivity index (χ3v) is 5.29. The summed E-state index contributed by atoms with van der Waals surface area (Å²) in [4.78, 5) is 14.1. The van der Waals surface area contributed by atoms with E-state index in [0.29, 0.717) is 13.1 Å². The van der Waals surface area contributed by atoms with Crippen LogP contribution in [0.5, 0.6) is 0 Å². The average molecular weight is 375 g/mol. The molecule has 0 bridgehead atoms. The third kappa shape index (κ3) is 5.05. The molecule has 1 fully saturated rings. The molecule has 1 amide bonds. The highest BCUT2D eigenvalue weighted by Crippen LogP contribution is 2.36. The molecule has 0 N–H and O–H groups in total. The lowest BCUT2D eigenvalue weighted by atomic mass is 9.78. The van der Waals surface area contributed by atoms with Crippen molar-refractivity contribution in [1.29, 1.82) is 0 Å². The molecular weight excluding hydrogens is 341 g/mol. The van der Waals surface area contributed by atoms with Gasteiger partial charge < -0.3 is 18.9 Å². The van der Waals surface area contributed by atoms with Crippen molar-refractivity contribution in [2.45, 2.75) is 85.7 Å². The normalized spacial score (nSPS) is 18.5. The lowest BCUT2D eigenvalue weighted by Crippen LogP contribution is -2.41. The molecule has 0 saturated carbocycles. The van der Waals surface area contributed by atoms with Gasteiger partial charge in [-0.3, -0.25) is 0 Å². The molecule has 27 heavy (non-hydrogen) atoms. The first kappa shape index (κ1) is 21.8. The zero-order chi connectivity index (χ0) is 20.6. The van der Waals surface area contributed by atoms with E-state index >= 15 is 0 Å². The number of hydrogen-bond acceptors (Lipinski definition) is 4. The predicted molar refractivity (Wildman–Crippen MR) is 109 cm³/mol. The van der Waals surface area contributed by atoms with E-state index in [1.54, 1.807) is 4.90 Å². The van der Waals surface area contributed by atoms with Crippen LogP contribution in [0.15, 0.2) is 18.2 Å². The van der Waals surface area contributed by atoms with Crippen LogP contribution in [0.1, 0.15) is 66.5 Å². The number of rotatable bonds is 4. The predicted octanol–water partition coefficient (Wildman–Crippen LogP) is 4.05. The van der Waals surface area contributed by atoms with Crippen LogP contribution in [0.3, 0.4) is 0 Å². The number of hydrogen-bond donors (Lipinski definition) is 0. The van der Waals surface area contributed by atoms with Crippen molar-refractivity contribution in [2.24, 2.45) is 0 Å². The largest absolute Gasteiger partial charge is 0.494 e. The monoisotopic (exact) mass is 375 g/mol. The summed E-state index contributed by atoms with van der Waals surface area (Å²) >= 11 is 0. The molecule has 0 aromatic heterocycles. The summed E-state index contributed by atoms with van der Waals surface area (Å²) in [5.41, 5.74) is 1.96. The van der Waals surface area contributed by atoms with E-state index in [0.717, 1.165) is 16.6 Å². The maximum absolute atomic E-state index is 12.4. The Morgan fingerprint density at radius 2 is 1.70 bits per heavy atom. The van der Waals surface area contributed by atoms with E-state index in [1.807, 2.05) is 74.4 Å². The van der Waals surface area contributed by atoms with Gasteiger partial charge >= 0.3 is 13.2 Å². The quantitative estimate of drug-likeness (QED) is 0.745. The smallest absolute Gasteiger partial charge is 0.444 e.